The first-order valence-electron chi connectivity index (χ1n) is 9.44. The van der Waals surface area contributed by atoms with Gasteiger partial charge in [0, 0.05) is 36.2 Å². The van der Waals surface area contributed by atoms with Crippen molar-refractivity contribution in [1.82, 2.24) is 9.88 Å². The topological polar surface area (TPSA) is 54.5 Å². The number of aryl methyl sites for hydroxylation is 1. The van der Waals surface area contributed by atoms with Gasteiger partial charge in [-0.3, -0.25) is 9.78 Å². The lowest BCUT2D eigenvalue weighted by molar-refractivity contribution is 0.0773. The van der Waals surface area contributed by atoms with Crippen molar-refractivity contribution in [1.29, 1.82) is 0 Å². The summed E-state index contributed by atoms with van der Waals surface area (Å²) in [5.74, 6) is 1.99. The highest BCUT2D eigenvalue weighted by molar-refractivity contribution is 7.99. The van der Waals surface area contributed by atoms with Crippen LogP contribution in [0.4, 0.5) is 15.8 Å². The first kappa shape index (κ1) is 19.5. The number of thioether (sulfide) groups is 1. The van der Waals surface area contributed by atoms with E-state index < -0.39 is 0 Å². The number of carbonyl (C=O) groups is 1. The maximum atomic E-state index is 14.1. The van der Waals surface area contributed by atoms with Crippen LogP contribution >= 0.6 is 11.8 Å². The van der Waals surface area contributed by atoms with Crippen LogP contribution in [0.5, 0.6) is 5.75 Å². The van der Waals surface area contributed by atoms with E-state index in [0.717, 1.165) is 17.1 Å². The molecule has 1 aliphatic rings. The molecule has 1 N–H and O–H groups in total. The Morgan fingerprint density at radius 2 is 2.00 bits per heavy atom. The molecule has 4 rings (SSSR count). The Balaban J connectivity index is 1.86. The Labute approximate surface area is 173 Å². The number of aromatic nitrogens is 1. The summed E-state index contributed by atoms with van der Waals surface area (Å²) in [7, 11) is 1.59. The molecule has 1 fully saturated rings. The molecule has 7 heteroatoms. The number of ether oxygens (including phenoxy) is 1. The molecular weight excluding hydrogens is 389 g/mol. The first-order chi connectivity index (χ1) is 14.1. The van der Waals surface area contributed by atoms with Gasteiger partial charge in [-0.15, -0.1) is 0 Å². The monoisotopic (exact) mass is 411 g/mol. The maximum absolute atomic E-state index is 14.1. The van der Waals surface area contributed by atoms with Gasteiger partial charge in [-0.2, -0.15) is 11.8 Å². The van der Waals surface area contributed by atoms with Crippen molar-refractivity contribution in [3.05, 3.63) is 59.5 Å². The second-order valence-corrected chi connectivity index (χ2v) is 8.17. The molecule has 0 atom stereocenters. The van der Waals surface area contributed by atoms with E-state index in [4.69, 9.17) is 4.74 Å². The third-order valence-corrected chi connectivity index (χ3v) is 5.92. The van der Waals surface area contributed by atoms with Crippen LogP contribution in [0, 0.1) is 12.7 Å². The molecule has 0 bridgehead atoms. The molecule has 150 valence electrons. The quantitative estimate of drug-likeness (QED) is 0.679. The third kappa shape index (κ3) is 4.00. The zero-order valence-electron chi connectivity index (χ0n) is 16.4. The lowest BCUT2D eigenvalue weighted by Gasteiger charge is -2.27. The number of nitrogens with zero attached hydrogens (tertiary/aromatic N) is 2. The highest BCUT2D eigenvalue weighted by Gasteiger charge is 2.23. The van der Waals surface area contributed by atoms with Crippen LogP contribution in [0.3, 0.4) is 0 Å². The Hall–Kier alpha value is -2.80. The fourth-order valence-electron chi connectivity index (χ4n) is 3.45. The molecule has 1 aliphatic heterocycles. The molecule has 1 saturated heterocycles. The fourth-order valence-corrected chi connectivity index (χ4v) is 4.36. The number of hydrogen-bond acceptors (Lipinski definition) is 5. The van der Waals surface area contributed by atoms with Gasteiger partial charge in [0.05, 0.1) is 29.6 Å². The van der Waals surface area contributed by atoms with E-state index in [2.05, 4.69) is 10.3 Å². The summed E-state index contributed by atoms with van der Waals surface area (Å²) < 4.78 is 19.5. The number of methoxy groups -OCH3 is 1. The van der Waals surface area contributed by atoms with Crippen LogP contribution in [0.1, 0.15) is 15.9 Å². The average Bonchev–Trinajstić information content (AvgIpc) is 2.74. The average molecular weight is 412 g/mol. The van der Waals surface area contributed by atoms with E-state index in [1.54, 1.807) is 19.4 Å². The second kappa shape index (κ2) is 8.29. The highest BCUT2D eigenvalue weighted by atomic mass is 32.2. The Morgan fingerprint density at radius 1 is 1.21 bits per heavy atom. The summed E-state index contributed by atoms with van der Waals surface area (Å²) >= 11 is 1.84. The van der Waals surface area contributed by atoms with Crippen LogP contribution in [0.15, 0.2) is 42.6 Å². The van der Waals surface area contributed by atoms with Crippen molar-refractivity contribution in [2.75, 3.05) is 37.0 Å². The summed E-state index contributed by atoms with van der Waals surface area (Å²) in [5.41, 5.74) is 3.35. The molecular formula is C22H22FN3O2S. The summed E-state index contributed by atoms with van der Waals surface area (Å²) in [5, 5.41) is 3.90. The van der Waals surface area contributed by atoms with Gasteiger partial charge in [0.15, 0.2) is 0 Å². The molecule has 5 nitrogen and oxygen atoms in total. The minimum Gasteiger partial charge on any atom is -0.495 e. The first-order valence-corrected chi connectivity index (χ1v) is 10.6. The number of halogens is 1. The number of amides is 1. The van der Waals surface area contributed by atoms with E-state index >= 15 is 0 Å². The van der Waals surface area contributed by atoms with Crippen LogP contribution < -0.4 is 10.1 Å². The number of fused-ring (bicyclic) bond motifs is 1. The Bertz CT molecular complexity index is 1070. The maximum Gasteiger partial charge on any atom is 0.257 e. The molecule has 0 spiro atoms. The summed E-state index contributed by atoms with van der Waals surface area (Å²) in [6, 6.07) is 10.2. The summed E-state index contributed by atoms with van der Waals surface area (Å²) in [4.78, 5) is 19.5. The number of pyridine rings is 1. The molecule has 1 amide bonds. The predicted molar refractivity (Wildman–Crippen MR) is 116 cm³/mol. The fraction of sp³-hybridized carbons (Fsp3) is 0.273. The largest absolute Gasteiger partial charge is 0.495 e. The van der Waals surface area contributed by atoms with Crippen molar-refractivity contribution in [3.8, 4) is 5.75 Å². The molecule has 0 unspecified atom stereocenters. The smallest absolute Gasteiger partial charge is 0.257 e. The SMILES string of the molecule is COc1ccc(C)cc1Nc1c(C(=O)N2CCSCC2)cnc2ccc(F)cc12. The van der Waals surface area contributed by atoms with Gasteiger partial charge in [0.2, 0.25) is 0 Å². The number of rotatable bonds is 4. The molecule has 29 heavy (non-hydrogen) atoms. The van der Waals surface area contributed by atoms with Crippen molar-refractivity contribution >= 4 is 39.9 Å². The minimum atomic E-state index is -0.377. The van der Waals surface area contributed by atoms with E-state index in [9.17, 15) is 9.18 Å². The summed E-state index contributed by atoms with van der Waals surface area (Å²) in [6.07, 6.45) is 1.58. The van der Waals surface area contributed by atoms with Crippen LogP contribution in [-0.4, -0.2) is 47.5 Å². The van der Waals surface area contributed by atoms with Crippen molar-refractivity contribution in [2.45, 2.75) is 6.92 Å². The Morgan fingerprint density at radius 3 is 2.76 bits per heavy atom. The van der Waals surface area contributed by atoms with E-state index in [1.807, 2.05) is 41.8 Å². The van der Waals surface area contributed by atoms with Crippen LogP contribution in [0.2, 0.25) is 0 Å². The van der Waals surface area contributed by atoms with Gasteiger partial charge in [-0.1, -0.05) is 6.07 Å². The lowest BCUT2D eigenvalue weighted by Crippen LogP contribution is -2.38. The van der Waals surface area contributed by atoms with Crippen LogP contribution in [-0.2, 0) is 0 Å². The normalized spacial score (nSPS) is 14.1. The van der Waals surface area contributed by atoms with Gasteiger partial charge in [0.1, 0.15) is 11.6 Å². The van der Waals surface area contributed by atoms with E-state index in [0.29, 0.717) is 46.7 Å². The third-order valence-electron chi connectivity index (χ3n) is 4.97. The number of benzene rings is 2. The van der Waals surface area contributed by atoms with Gasteiger partial charge in [-0.25, -0.2) is 4.39 Å². The molecule has 0 radical (unpaired) electrons. The molecule has 3 aromatic rings. The van der Waals surface area contributed by atoms with Gasteiger partial charge in [0.25, 0.3) is 5.91 Å². The number of nitrogens with one attached hydrogen (secondary N) is 1. The van der Waals surface area contributed by atoms with Crippen molar-refractivity contribution in [3.63, 3.8) is 0 Å². The van der Waals surface area contributed by atoms with Gasteiger partial charge in [-0.05, 0) is 42.8 Å². The molecule has 2 heterocycles. The molecule has 2 aromatic carbocycles. The molecule has 0 saturated carbocycles. The number of carbonyl (C=O) groups excluding carboxylic acids is 1. The number of anilines is 2. The second-order valence-electron chi connectivity index (χ2n) is 6.94. The standard InChI is InChI=1S/C22H22FN3O2S/c1-14-3-6-20(28-2)19(11-14)25-21-16-12-15(23)4-5-18(16)24-13-17(21)22(27)26-7-9-29-10-8-26/h3-6,11-13H,7-10H2,1-2H3,(H,24,25). The molecule has 1 aromatic heterocycles. The zero-order chi connectivity index (χ0) is 20.4. The lowest BCUT2D eigenvalue weighted by atomic mass is 10.1. The van der Waals surface area contributed by atoms with Gasteiger partial charge >= 0.3 is 0 Å². The highest BCUT2D eigenvalue weighted by Crippen LogP contribution is 2.35. The summed E-state index contributed by atoms with van der Waals surface area (Å²) in [6.45, 7) is 3.36. The molecule has 0 aliphatic carbocycles. The number of hydrogen-bond donors (Lipinski definition) is 1. The van der Waals surface area contributed by atoms with Crippen molar-refractivity contribution in [2.24, 2.45) is 0 Å². The van der Waals surface area contributed by atoms with Crippen molar-refractivity contribution < 1.29 is 13.9 Å². The minimum absolute atomic E-state index is 0.0990. The zero-order valence-corrected chi connectivity index (χ0v) is 17.2. The Kier molecular flexibility index (Phi) is 5.58. The van der Waals surface area contributed by atoms with Gasteiger partial charge < -0.3 is 15.0 Å². The predicted octanol–water partition coefficient (Wildman–Crippen LogP) is 4.62. The van der Waals surface area contributed by atoms with E-state index in [1.165, 1.54) is 12.1 Å². The van der Waals surface area contributed by atoms with Crippen LogP contribution in [0.25, 0.3) is 10.9 Å². The van der Waals surface area contributed by atoms with E-state index in [-0.39, 0.29) is 11.7 Å².